The van der Waals surface area contributed by atoms with Crippen molar-refractivity contribution in [3.8, 4) is 0 Å². The molecule has 0 saturated carbocycles. The van der Waals surface area contributed by atoms with E-state index in [9.17, 15) is 16.8 Å². The van der Waals surface area contributed by atoms with E-state index in [1.54, 1.807) is 19.1 Å². The number of nitrogens with two attached hydrogens (primary N) is 2. The average Bonchev–Trinajstić information content (AvgIpc) is 2.31. The second-order valence-electron chi connectivity index (χ2n) is 3.57. The highest BCUT2D eigenvalue weighted by molar-refractivity contribution is 8.06. The van der Waals surface area contributed by atoms with Crippen molar-refractivity contribution in [3.63, 3.8) is 0 Å². The predicted octanol–water partition coefficient (Wildman–Crippen LogP) is -1.42. The van der Waals surface area contributed by atoms with Crippen LogP contribution in [0.5, 0.6) is 0 Å². The molecule has 0 saturated heterocycles. The summed E-state index contributed by atoms with van der Waals surface area (Å²) in [5.41, 5.74) is 0.894. The maximum atomic E-state index is 11.7. The van der Waals surface area contributed by atoms with E-state index in [1.165, 1.54) is 21.8 Å². The first kappa shape index (κ1) is 15.0. The number of aryl methyl sites for hydroxylation is 1. The van der Waals surface area contributed by atoms with Gasteiger partial charge >= 0.3 is 0 Å². The molecule has 0 spiro atoms. The van der Waals surface area contributed by atoms with Crippen LogP contribution in [0.25, 0.3) is 0 Å². The molecule has 0 aliphatic rings. The van der Waals surface area contributed by atoms with Crippen molar-refractivity contribution >= 4 is 20.0 Å². The maximum absolute atomic E-state index is 11.7. The summed E-state index contributed by atoms with van der Waals surface area (Å²) in [5.74, 6) is 9.71. The average molecular weight is 294 g/mol. The van der Waals surface area contributed by atoms with Crippen molar-refractivity contribution in [2.75, 3.05) is 0 Å². The SMILES string of the molecule is Cc1ccc(C(S(=O)(=O)NN)S(=O)(=O)NN)cc1. The van der Waals surface area contributed by atoms with Crippen LogP contribution in [0.1, 0.15) is 15.7 Å². The molecule has 1 aromatic rings. The summed E-state index contributed by atoms with van der Waals surface area (Å²) >= 11 is 0. The number of sulfonamides is 2. The number of hydrogen-bond donors (Lipinski definition) is 4. The van der Waals surface area contributed by atoms with Crippen molar-refractivity contribution in [2.24, 2.45) is 11.7 Å². The number of nitrogens with one attached hydrogen (secondary N) is 2. The lowest BCUT2D eigenvalue weighted by molar-refractivity contribution is 0.563. The lowest BCUT2D eigenvalue weighted by atomic mass is 10.2. The fourth-order valence-corrected chi connectivity index (χ4v) is 4.32. The minimum atomic E-state index is -4.30. The molecule has 0 aliphatic carbocycles. The molecule has 0 radical (unpaired) electrons. The summed E-state index contributed by atoms with van der Waals surface area (Å²) in [6.45, 7) is 1.78. The van der Waals surface area contributed by atoms with Gasteiger partial charge < -0.3 is 0 Å². The highest BCUT2D eigenvalue weighted by Gasteiger charge is 2.38. The second-order valence-corrected chi connectivity index (χ2v) is 7.46. The predicted molar refractivity (Wildman–Crippen MR) is 66.4 cm³/mol. The Hall–Kier alpha value is -1.04. The van der Waals surface area contributed by atoms with Gasteiger partial charge in [0, 0.05) is 0 Å². The number of benzene rings is 1. The smallest absolute Gasteiger partial charge is 0.247 e. The molecule has 0 amide bonds. The molecule has 6 N–H and O–H groups in total. The quantitative estimate of drug-likeness (QED) is 0.387. The van der Waals surface area contributed by atoms with Crippen molar-refractivity contribution < 1.29 is 16.8 Å². The Morgan fingerprint density at radius 1 is 0.944 bits per heavy atom. The Balaban J connectivity index is 3.45. The maximum Gasteiger partial charge on any atom is 0.247 e. The summed E-state index contributed by atoms with van der Waals surface area (Å²) in [5, 5.41) is 0. The monoisotopic (exact) mass is 294 g/mol. The summed E-state index contributed by atoms with van der Waals surface area (Å²) in [6.07, 6.45) is 0. The van der Waals surface area contributed by atoms with Crippen LogP contribution in [-0.4, -0.2) is 16.8 Å². The number of hydrogen-bond acceptors (Lipinski definition) is 6. The van der Waals surface area contributed by atoms with E-state index in [2.05, 4.69) is 0 Å². The first-order valence-corrected chi connectivity index (χ1v) is 7.83. The third-order valence-corrected chi connectivity index (χ3v) is 6.09. The molecule has 0 fully saturated rings. The molecule has 0 unspecified atom stereocenters. The first-order chi connectivity index (χ1) is 8.24. The summed E-state index contributed by atoms with van der Waals surface area (Å²) in [4.78, 5) is 2.98. The van der Waals surface area contributed by atoms with Crippen LogP contribution >= 0.6 is 0 Å². The van der Waals surface area contributed by atoms with Crippen LogP contribution in [0.4, 0.5) is 0 Å². The van der Waals surface area contributed by atoms with Gasteiger partial charge in [-0.2, -0.15) is 9.66 Å². The fourth-order valence-electron chi connectivity index (χ4n) is 1.37. The molecular weight excluding hydrogens is 280 g/mol. The van der Waals surface area contributed by atoms with E-state index < -0.39 is 24.6 Å². The Morgan fingerprint density at radius 2 is 1.33 bits per heavy atom. The van der Waals surface area contributed by atoms with Gasteiger partial charge in [-0.1, -0.05) is 29.8 Å². The molecule has 0 aromatic heterocycles. The van der Waals surface area contributed by atoms with Gasteiger partial charge in [-0.15, -0.1) is 0 Å². The molecule has 18 heavy (non-hydrogen) atoms. The molecule has 0 aliphatic heterocycles. The third kappa shape index (κ3) is 3.04. The third-order valence-electron chi connectivity index (χ3n) is 2.24. The molecule has 1 aromatic carbocycles. The van der Waals surface area contributed by atoms with Crippen molar-refractivity contribution in [2.45, 2.75) is 11.5 Å². The van der Waals surface area contributed by atoms with Gasteiger partial charge in [-0.05, 0) is 12.5 Å². The molecule has 0 bridgehead atoms. The molecule has 8 nitrogen and oxygen atoms in total. The fraction of sp³-hybridized carbons (Fsp3) is 0.250. The van der Waals surface area contributed by atoms with E-state index >= 15 is 0 Å². The zero-order valence-corrected chi connectivity index (χ0v) is 11.1. The van der Waals surface area contributed by atoms with Gasteiger partial charge in [0.25, 0.3) is 0 Å². The zero-order valence-electron chi connectivity index (χ0n) is 9.49. The Bertz CT molecular complexity index is 575. The van der Waals surface area contributed by atoms with Crippen LogP contribution in [-0.2, 0) is 20.0 Å². The Morgan fingerprint density at radius 3 is 1.67 bits per heavy atom. The lowest BCUT2D eigenvalue weighted by Gasteiger charge is -2.16. The molecule has 102 valence electrons. The molecule has 0 atom stereocenters. The second kappa shape index (κ2) is 5.30. The lowest BCUT2D eigenvalue weighted by Crippen LogP contribution is -2.43. The summed E-state index contributed by atoms with van der Waals surface area (Å²) in [7, 11) is -8.60. The molecular formula is C8H14N4O4S2. The molecule has 10 heteroatoms. The van der Waals surface area contributed by atoms with Crippen molar-refractivity contribution in [1.82, 2.24) is 9.66 Å². The van der Waals surface area contributed by atoms with Gasteiger partial charge in [-0.3, -0.25) is 11.7 Å². The van der Waals surface area contributed by atoms with Gasteiger partial charge in [0.1, 0.15) is 0 Å². The molecule has 0 heterocycles. The topological polar surface area (TPSA) is 144 Å². The Kier molecular flexibility index (Phi) is 4.42. The van der Waals surface area contributed by atoms with Gasteiger partial charge in [0.05, 0.1) is 0 Å². The highest BCUT2D eigenvalue weighted by Crippen LogP contribution is 2.26. The number of rotatable bonds is 5. The minimum absolute atomic E-state index is 0.0384. The largest absolute Gasteiger partial charge is 0.258 e. The van der Waals surface area contributed by atoms with E-state index in [1.807, 2.05) is 0 Å². The van der Waals surface area contributed by atoms with Crippen LogP contribution in [0.3, 0.4) is 0 Å². The van der Waals surface area contributed by atoms with Gasteiger partial charge in [0.2, 0.25) is 24.6 Å². The first-order valence-electron chi connectivity index (χ1n) is 4.73. The van der Waals surface area contributed by atoms with Crippen LogP contribution in [0, 0.1) is 6.92 Å². The van der Waals surface area contributed by atoms with Crippen molar-refractivity contribution in [3.05, 3.63) is 35.4 Å². The van der Waals surface area contributed by atoms with Crippen LogP contribution < -0.4 is 21.3 Å². The zero-order chi connectivity index (χ0) is 14.0. The molecule has 1 rings (SSSR count). The van der Waals surface area contributed by atoms with Crippen LogP contribution in [0.15, 0.2) is 24.3 Å². The van der Waals surface area contributed by atoms with Crippen molar-refractivity contribution in [1.29, 1.82) is 0 Å². The summed E-state index contributed by atoms with van der Waals surface area (Å²) < 4.78 is 44.8. The van der Waals surface area contributed by atoms with Crippen LogP contribution in [0.2, 0.25) is 0 Å². The highest BCUT2D eigenvalue weighted by atomic mass is 32.3. The summed E-state index contributed by atoms with van der Waals surface area (Å²) in [6, 6.07) is 5.92. The minimum Gasteiger partial charge on any atom is -0.258 e. The Labute approximate surface area is 105 Å². The van der Waals surface area contributed by atoms with E-state index in [4.69, 9.17) is 11.7 Å². The number of hydrazine groups is 2. The van der Waals surface area contributed by atoms with E-state index in [0.29, 0.717) is 0 Å². The van der Waals surface area contributed by atoms with Gasteiger partial charge in [-0.25, -0.2) is 16.8 Å². The standard InChI is InChI=1S/C8H14N4O4S2/c1-6-2-4-7(5-3-6)8(17(13,14)11-9)18(15,16)12-10/h2-5,8,11-12H,9-10H2,1H3. The van der Waals surface area contributed by atoms with E-state index in [-0.39, 0.29) is 5.56 Å². The van der Waals surface area contributed by atoms with Gasteiger partial charge in [0.15, 0.2) is 0 Å². The van der Waals surface area contributed by atoms with E-state index in [0.717, 1.165) is 5.56 Å². The normalized spacial score (nSPS) is 12.9.